The lowest BCUT2D eigenvalue weighted by Crippen LogP contribution is -2.44. The molecule has 146 valence electrons. The van der Waals surface area contributed by atoms with Crippen molar-refractivity contribution in [2.24, 2.45) is 0 Å². The number of piperazine rings is 1. The van der Waals surface area contributed by atoms with E-state index in [4.69, 9.17) is 28.9 Å². The molecule has 0 spiro atoms. The van der Waals surface area contributed by atoms with Crippen LogP contribution in [-0.2, 0) is 0 Å². The number of rotatable bonds is 3. The van der Waals surface area contributed by atoms with Crippen molar-refractivity contribution in [3.63, 3.8) is 0 Å². The van der Waals surface area contributed by atoms with E-state index in [0.717, 1.165) is 31.9 Å². The summed E-state index contributed by atoms with van der Waals surface area (Å²) in [5.74, 6) is -0.384. The van der Waals surface area contributed by atoms with E-state index in [9.17, 15) is 4.79 Å². The lowest BCUT2D eigenvalue weighted by Gasteiger charge is -2.35. The second-order valence-electron chi connectivity index (χ2n) is 6.56. The predicted molar refractivity (Wildman–Crippen MR) is 109 cm³/mol. The number of amides is 1. The summed E-state index contributed by atoms with van der Waals surface area (Å²) < 4.78 is 1.38. The smallest absolute Gasteiger partial charge is 0.263 e. The number of halogens is 2. The molecule has 3 aromatic rings. The van der Waals surface area contributed by atoms with Crippen LogP contribution in [0.1, 0.15) is 10.4 Å². The molecule has 1 saturated heterocycles. The summed E-state index contributed by atoms with van der Waals surface area (Å²) in [5.41, 5.74) is 7.68. The molecule has 28 heavy (non-hydrogen) atoms. The van der Waals surface area contributed by atoms with E-state index in [-0.39, 0.29) is 11.4 Å². The van der Waals surface area contributed by atoms with Crippen molar-refractivity contribution in [3.8, 4) is 0 Å². The van der Waals surface area contributed by atoms with Crippen LogP contribution in [0.3, 0.4) is 0 Å². The Balaban J connectivity index is 1.68. The first-order chi connectivity index (χ1) is 13.4. The molecule has 0 saturated carbocycles. The Labute approximate surface area is 171 Å². The summed E-state index contributed by atoms with van der Waals surface area (Å²) in [6.45, 7) is 3.39. The monoisotopic (exact) mass is 420 g/mol. The largest absolute Gasteiger partial charge is 0.381 e. The molecule has 1 amide bonds. The minimum Gasteiger partial charge on any atom is -0.381 e. The zero-order chi connectivity index (χ0) is 19.8. The van der Waals surface area contributed by atoms with E-state index in [1.807, 2.05) is 0 Å². The van der Waals surface area contributed by atoms with Gasteiger partial charge in [-0.25, -0.2) is 9.50 Å². The highest BCUT2D eigenvalue weighted by molar-refractivity contribution is 6.34. The van der Waals surface area contributed by atoms with Crippen LogP contribution in [0, 0.1) is 0 Å². The number of anilines is 3. The lowest BCUT2D eigenvalue weighted by molar-refractivity contribution is 0.102. The molecule has 4 rings (SSSR count). The maximum atomic E-state index is 13.0. The first-order valence-electron chi connectivity index (χ1n) is 8.61. The second kappa shape index (κ2) is 7.42. The van der Waals surface area contributed by atoms with Crippen molar-refractivity contribution in [1.82, 2.24) is 24.5 Å². The summed E-state index contributed by atoms with van der Waals surface area (Å²) in [7, 11) is 2.07. The molecule has 0 bridgehead atoms. The molecule has 0 aliphatic carbocycles. The lowest BCUT2D eigenvalue weighted by atomic mass is 10.2. The SMILES string of the molecule is CN1CCN(c2c(Cl)cncc2NC(=O)c2c(N)nn3cc(Cl)cnc23)CC1. The maximum absolute atomic E-state index is 13.0. The van der Waals surface area contributed by atoms with Crippen molar-refractivity contribution in [2.75, 3.05) is 49.2 Å². The highest BCUT2D eigenvalue weighted by Crippen LogP contribution is 2.34. The molecule has 3 N–H and O–H groups in total. The number of fused-ring (bicyclic) bond motifs is 1. The number of nitrogens with two attached hydrogens (primary N) is 1. The van der Waals surface area contributed by atoms with Crippen molar-refractivity contribution >= 4 is 51.9 Å². The number of carbonyl (C=O) groups is 1. The number of aromatic nitrogens is 4. The van der Waals surface area contributed by atoms with Gasteiger partial charge in [0, 0.05) is 38.6 Å². The van der Waals surface area contributed by atoms with E-state index >= 15 is 0 Å². The fourth-order valence-electron chi connectivity index (χ4n) is 3.20. The third-order valence-corrected chi connectivity index (χ3v) is 5.11. The van der Waals surface area contributed by atoms with Gasteiger partial charge in [0.1, 0.15) is 5.56 Å². The molecule has 9 nitrogen and oxygen atoms in total. The molecule has 3 aromatic heterocycles. The molecule has 0 radical (unpaired) electrons. The predicted octanol–water partition coefficient (Wildman–Crippen LogP) is 2.02. The van der Waals surface area contributed by atoms with Crippen LogP contribution in [-0.4, -0.2) is 63.6 Å². The highest BCUT2D eigenvalue weighted by Gasteiger charge is 2.24. The number of hydrogen-bond acceptors (Lipinski definition) is 7. The van der Waals surface area contributed by atoms with Gasteiger partial charge >= 0.3 is 0 Å². The third kappa shape index (κ3) is 3.44. The average Bonchev–Trinajstić information content (AvgIpc) is 2.98. The number of nitrogens with zero attached hydrogens (tertiary/aromatic N) is 6. The van der Waals surface area contributed by atoms with Crippen molar-refractivity contribution in [2.45, 2.75) is 0 Å². The number of nitrogens with one attached hydrogen (secondary N) is 1. The minimum atomic E-state index is -0.443. The molecule has 1 fully saturated rings. The first-order valence-corrected chi connectivity index (χ1v) is 9.37. The summed E-state index contributed by atoms with van der Waals surface area (Å²) in [6, 6.07) is 0. The Morgan fingerprint density at radius 2 is 1.93 bits per heavy atom. The van der Waals surface area contributed by atoms with Gasteiger partial charge in [-0.1, -0.05) is 23.2 Å². The van der Waals surface area contributed by atoms with Crippen LogP contribution in [0.5, 0.6) is 0 Å². The van der Waals surface area contributed by atoms with Crippen LogP contribution < -0.4 is 16.0 Å². The minimum absolute atomic E-state index is 0.0587. The maximum Gasteiger partial charge on any atom is 0.263 e. The molecular formula is C17H18Cl2N8O. The first kappa shape index (κ1) is 18.7. The van der Waals surface area contributed by atoms with Gasteiger partial charge in [-0.3, -0.25) is 9.78 Å². The van der Waals surface area contributed by atoms with Crippen molar-refractivity contribution in [1.29, 1.82) is 0 Å². The van der Waals surface area contributed by atoms with Crippen LogP contribution in [0.25, 0.3) is 5.65 Å². The molecule has 0 aromatic carbocycles. The molecule has 1 aliphatic heterocycles. The molecule has 0 atom stereocenters. The van der Waals surface area contributed by atoms with E-state index in [1.165, 1.54) is 16.9 Å². The zero-order valence-corrected chi connectivity index (χ0v) is 16.6. The second-order valence-corrected chi connectivity index (χ2v) is 7.41. The van der Waals surface area contributed by atoms with Crippen LogP contribution in [0.4, 0.5) is 17.2 Å². The fraction of sp³-hybridized carbons (Fsp3) is 0.294. The van der Waals surface area contributed by atoms with E-state index < -0.39 is 5.91 Å². The Kier molecular flexibility index (Phi) is 4.96. The van der Waals surface area contributed by atoms with E-state index in [2.05, 4.69) is 37.2 Å². The topological polar surface area (TPSA) is 105 Å². The van der Waals surface area contributed by atoms with Crippen molar-refractivity contribution < 1.29 is 4.79 Å². The van der Waals surface area contributed by atoms with Crippen molar-refractivity contribution in [3.05, 3.63) is 40.4 Å². The van der Waals surface area contributed by atoms with Gasteiger partial charge in [-0.2, -0.15) is 0 Å². The van der Waals surface area contributed by atoms with Crippen LogP contribution >= 0.6 is 23.2 Å². The fourth-order valence-corrected chi connectivity index (χ4v) is 3.62. The summed E-state index contributed by atoms with van der Waals surface area (Å²) in [4.78, 5) is 25.6. The van der Waals surface area contributed by atoms with Crippen LogP contribution in [0.15, 0.2) is 24.8 Å². The van der Waals surface area contributed by atoms with Gasteiger partial charge < -0.3 is 20.9 Å². The normalized spacial score (nSPS) is 15.2. The average molecular weight is 421 g/mol. The van der Waals surface area contributed by atoms with Gasteiger partial charge in [0.05, 0.1) is 33.8 Å². The van der Waals surface area contributed by atoms with Gasteiger partial charge in [-0.05, 0) is 7.05 Å². The molecule has 1 aliphatic rings. The van der Waals surface area contributed by atoms with Gasteiger partial charge in [0.25, 0.3) is 5.91 Å². The Morgan fingerprint density at radius 3 is 2.68 bits per heavy atom. The standard InChI is InChI=1S/C17H18Cl2N8O/c1-25-2-4-26(5-3-25)14-11(19)7-21-8-12(14)23-17(28)13-15(20)24-27-9-10(18)6-22-16(13)27/h6-9H,2-5H2,1H3,(H2,20,24)(H,23,28). The van der Waals surface area contributed by atoms with Gasteiger partial charge in [0.2, 0.25) is 0 Å². The molecular weight excluding hydrogens is 403 g/mol. The molecule has 0 unspecified atom stereocenters. The number of hydrogen-bond donors (Lipinski definition) is 2. The summed E-state index contributed by atoms with van der Waals surface area (Å²) >= 11 is 12.3. The number of likely N-dealkylation sites (N-methyl/N-ethyl adjacent to an activating group) is 1. The van der Waals surface area contributed by atoms with Gasteiger partial charge in [-0.15, -0.1) is 5.10 Å². The van der Waals surface area contributed by atoms with Gasteiger partial charge in [0.15, 0.2) is 11.5 Å². The van der Waals surface area contributed by atoms with E-state index in [0.29, 0.717) is 21.4 Å². The quantitative estimate of drug-likeness (QED) is 0.667. The Hall–Kier alpha value is -2.62. The van der Waals surface area contributed by atoms with E-state index in [1.54, 1.807) is 12.4 Å². The highest BCUT2D eigenvalue weighted by atomic mass is 35.5. The Morgan fingerprint density at radius 1 is 1.18 bits per heavy atom. The Bertz CT molecular complexity index is 1050. The number of carbonyl (C=O) groups excluding carboxylic acids is 1. The third-order valence-electron chi connectivity index (χ3n) is 4.64. The molecule has 4 heterocycles. The number of nitrogen functional groups attached to an aromatic ring is 1. The van der Waals surface area contributed by atoms with Crippen LogP contribution in [0.2, 0.25) is 10.0 Å². The summed E-state index contributed by atoms with van der Waals surface area (Å²) in [5, 5.41) is 7.83. The summed E-state index contributed by atoms with van der Waals surface area (Å²) in [6.07, 6.45) is 6.11. The number of pyridine rings is 1. The molecule has 11 heteroatoms. The zero-order valence-electron chi connectivity index (χ0n) is 15.1.